The number of hydrogen-bond donors (Lipinski definition) is 1. The van der Waals surface area contributed by atoms with E-state index in [9.17, 15) is 4.79 Å². The molecule has 0 aliphatic carbocycles. The number of likely N-dealkylation sites (N-methyl/N-ethyl adjacent to an activating group) is 1. The van der Waals surface area contributed by atoms with Crippen LogP contribution in [0.5, 0.6) is 0 Å². The molecule has 0 aliphatic rings. The van der Waals surface area contributed by atoms with Crippen molar-refractivity contribution in [1.82, 2.24) is 0 Å². The number of aliphatic carboxylic acids is 1. The van der Waals surface area contributed by atoms with Gasteiger partial charge in [0.1, 0.15) is 12.6 Å². The van der Waals surface area contributed by atoms with Crippen molar-refractivity contribution in [2.75, 3.05) is 27.7 Å². The first-order valence-corrected chi connectivity index (χ1v) is 6.82. The minimum atomic E-state index is -0.789. The lowest BCUT2D eigenvalue weighted by Crippen LogP contribution is -2.46. The van der Waals surface area contributed by atoms with E-state index in [1.165, 1.54) is 0 Å². The van der Waals surface area contributed by atoms with Gasteiger partial charge in [-0.15, -0.1) is 0 Å². The molecule has 0 spiro atoms. The fourth-order valence-corrected chi connectivity index (χ4v) is 2.20. The van der Waals surface area contributed by atoms with E-state index in [0.717, 1.165) is 19.3 Å². The summed E-state index contributed by atoms with van der Waals surface area (Å²) < 4.78 is 6.83. The molecule has 0 aromatic rings. The van der Waals surface area contributed by atoms with E-state index in [2.05, 4.69) is 41.9 Å². The Morgan fingerprint density at radius 1 is 1.33 bits per heavy atom. The van der Waals surface area contributed by atoms with E-state index < -0.39 is 5.97 Å². The van der Waals surface area contributed by atoms with E-state index in [1.54, 1.807) is 0 Å². The summed E-state index contributed by atoms with van der Waals surface area (Å²) in [6, 6.07) is 0. The van der Waals surface area contributed by atoms with Crippen molar-refractivity contribution >= 4 is 5.97 Å². The highest BCUT2D eigenvalue weighted by Gasteiger charge is 2.30. The molecule has 108 valence electrons. The smallest absolute Gasteiger partial charge is 0.306 e. The molecule has 0 bridgehead atoms. The minimum Gasteiger partial charge on any atom is -0.481 e. The number of carbonyl (C=O) groups is 1. The zero-order chi connectivity index (χ0) is 14.4. The zero-order valence-electron chi connectivity index (χ0n) is 12.8. The van der Waals surface area contributed by atoms with Crippen LogP contribution in [0.1, 0.15) is 46.5 Å². The molecule has 0 saturated carbocycles. The molecule has 0 aromatic heterocycles. The Bertz CT molecular complexity index is 260. The van der Waals surface area contributed by atoms with E-state index in [0.29, 0.717) is 11.0 Å². The third-order valence-corrected chi connectivity index (χ3v) is 3.13. The van der Waals surface area contributed by atoms with Gasteiger partial charge in [0.2, 0.25) is 0 Å². The molecule has 0 amide bonds. The number of rotatable bonds is 9. The van der Waals surface area contributed by atoms with Crippen LogP contribution < -0.4 is 0 Å². The fraction of sp³-hybridized carbons (Fsp3) is 0.929. The lowest BCUT2D eigenvalue weighted by atomic mass is 9.96. The molecule has 0 rings (SSSR count). The average molecular weight is 260 g/mol. The Hall–Kier alpha value is -0.610. The maximum Gasteiger partial charge on any atom is 0.306 e. The Balaban J connectivity index is 4.70. The standard InChI is InChI=1S/C14H29NO3/c1-7-9-14(3,8-2)18-12(10-13(16)17)11-15(4,5)6/h12H,7-11H2,1-6H3/p+1/t12-,14?/m1/s1. The van der Waals surface area contributed by atoms with Gasteiger partial charge in [-0.1, -0.05) is 20.3 Å². The summed E-state index contributed by atoms with van der Waals surface area (Å²) >= 11 is 0. The molecule has 0 aliphatic heterocycles. The summed E-state index contributed by atoms with van der Waals surface area (Å²) in [7, 11) is 6.17. The number of carboxylic acids is 1. The highest BCUT2D eigenvalue weighted by molar-refractivity contribution is 5.67. The molecule has 0 radical (unpaired) electrons. The van der Waals surface area contributed by atoms with Gasteiger partial charge in [-0.05, 0) is 19.8 Å². The molecule has 0 heterocycles. The molecule has 18 heavy (non-hydrogen) atoms. The Morgan fingerprint density at radius 2 is 1.89 bits per heavy atom. The number of ether oxygens (including phenoxy) is 1. The first-order valence-electron chi connectivity index (χ1n) is 6.82. The normalized spacial score (nSPS) is 17.2. The second-order valence-corrected chi connectivity index (χ2v) is 6.36. The van der Waals surface area contributed by atoms with Crippen LogP contribution in [0.4, 0.5) is 0 Å². The number of nitrogens with zero attached hydrogens (tertiary/aromatic N) is 1. The van der Waals surface area contributed by atoms with Gasteiger partial charge in [0, 0.05) is 0 Å². The first kappa shape index (κ1) is 17.4. The van der Waals surface area contributed by atoms with Crippen molar-refractivity contribution in [3.63, 3.8) is 0 Å². The lowest BCUT2D eigenvalue weighted by molar-refractivity contribution is -0.873. The zero-order valence-corrected chi connectivity index (χ0v) is 12.8. The summed E-state index contributed by atoms with van der Waals surface area (Å²) in [4.78, 5) is 10.9. The molecule has 0 fully saturated rings. The molecule has 0 aromatic carbocycles. The summed E-state index contributed by atoms with van der Waals surface area (Å²) in [5, 5.41) is 8.99. The Labute approximate surface area is 112 Å². The fourth-order valence-electron chi connectivity index (χ4n) is 2.20. The van der Waals surface area contributed by atoms with Crippen molar-refractivity contribution in [2.24, 2.45) is 0 Å². The predicted octanol–water partition coefficient (Wildman–Crippen LogP) is 2.52. The third-order valence-electron chi connectivity index (χ3n) is 3.13. The van der Waals surface area contributed by atoms with Crippen molar-refractivity contribution in [3.05, 3.63) is 0 Å². The van der Waals surface area contributed by atoms with Crippen LogP contribution in [0.25, 0.3) is 0 Å². The molecule has 0 saturated heterocycles. The van der Waals surface area contributed by atoms with Gasteiger partial charge < -0.3 is 14.3 Å². The van der Waals surface area contributed by atoms with Gasteiger partial charge in [0.15, 0.2) is 0 Å². The van der Waals surface area contributed by atoms with Gasteiger partial charge in [-0.25, -0.2) is 0 Å². The highest BCUT2D eigenvalue weighted by Crippen LogP contribution is 2.25. The second kappa shape index (κ2) is 7.10. The number of quaternary nitrogens is 1. The molecule has 4 heteroatoms. The van der Waals surface area contributed by atoms with E-state index >= 15 is 0 Å². The van der Waals surface area contributed by atoms with Gasteiger partial charge in [0.25, 0.3) is 0 Å². The van der Waals surface area contributed by atoms with Crippen molar-refractivity contribution in [1.29, 1.82) is 0 Å². The topological polar surface area (TPSA) is 46.5 Å². The maximum atomic E-state index is 10.9. The van der Waals surface area contributed by atoms with Crippen LogP contribution in [-0.4, -0.2) is 55.0 Å². The van der Waals surface area contributed by atoms with Crippen molar-refractivity contribution in [2.45, 2.75) is 58.2 Å². The Morgan fingerprint density at radius 3 is 2.22 bits per heavy atom. The molecule has 1 unspecified atom stereocenters. The van der Waals surface area contributed by atoms with E-state index in [-0.39, 0.29) is 18.1 Å². The quantitative estimate of drug-likeness (QED) is 0.648. The van der Waals surface area contributed by atoms with Crippen LogP contribution in [0, 0.1) is 0 Å². The third kappa shape index (κ3) is 7.67. The SMILES string of the molecule is CCCC(C)(CC)O[C@H](CC(=O)O)C[N+](C)(C)C. The summed E-state index contributed by atoms with van der Waals surface area (Å²) in [6.45, 7) is 7.02. The van der Waals surface area contributed by atoms with E-state index in [4.69, 9.17) is 9.84 Å². The average Bonchev–Trinajstić information content (AvgIpc) is 2.13. The number of hydrogen-bond acceptors (Lipinski definition) is 2. The predicted molar refractivity (Wildman–Crippen MR) is 73.6 cm³/mol. The van der Waals surface area contributed by atoms with Gasteiger partial charge in [-0.2, -0.15) is 0 Å². The van der Waals surface area contributed by atoms with Gasteiger partial charge in [-0.3, -0.25) is 4.79 Å². The van der Waals surface area contributed by atoms with E-state index in [1.807, 2.05) is 0 Å². The molecule has 1 N–H and O–H groups in total. The lowest BCUT2D eigenvalue weighted by Gasteiger charge is -2.36. The summed E-state index contributed by atoms with van der Waals surface area (Å²) in [6.07, 6.45) is 2.78. The summed E-state index contributed by atoms with van der Waals surface area (Å²) in [5.41, 5.74) is -0.204. The molecular formula is C14H30NO3+. The van der Waals surface area contributed by atoms with Crippen molar-refractivity contribution < 1.29 is 19.1 Å². The van der Waals surface area contributed by atoms with Crippen LogP contribution in [0.2, 0.25) is 0 Å². The minimum absolute atomic E-state index is 0.0782. The molecule has 2 atom stereocenters. The first-order chi connectivity index (χ1) is 8.12. The van der Waals surface area contributed by atoms with Gasteiger partial charge in [0.05, 0.1) is 33.2 Å². The number of carboxylic acid groups (broad SMARTS) is 1. The van der Waals surface area contributed by atoms with Crippen LogP contribution in [-0.2, 0) is 9.53 Å². The Kier molecular flexibility index (Phi) is 6.86. The molecule has 4 nitrogen and oxygen atoms in total. The van der Waals surface area contributed by atoms with Crippen molar-refractivity contribution in [3.8, 4) is 0 Å². The highest BCUT2D eigenvalue weighted by atomic mass is 16.5. The van der Waals surface area contributed by atoms with Gasteiger partial charge >= 0.3 is 5.97 Å². The molecular weight excluding hydrogens is 230 g/mol. The summed E-state index contributed by atoms with van der Waals surface area (Å²) in [5.74, 6) is -0.789. The van der Waals surface area contributed by atoms with Crippen LogP contribution >= 0.6 is 0 Å². The van der Waals surface area contributed by atoms with Crippen LogP contribution in [0.15, 0.2) is 0 Å². The maximum absolute atomic E-state index is 10.9. The van der Waals surface area contributed by atoms with Crippen LogP contribution in [0.3, 0.4) is 0 Å². The monoisotopic (exact) mass is 260 g/mol. The second-order valence-electron chi connectivity index (χ2n) is 6.36. The largest absolute Gasteiger partial charge is 0.481 e.